The summed E-state index contributed by atoms with van der Waals surface area (Å²) in [6.45, 7) is 4.70. The minimum atomic E-state index is -0.473. The molecule has 6 heteroatoms. The minimum Gasteiger partial charge on any atom is -0.493 e. The molecule has 0 heterocycles. The maximum atomic E-state index is 10.8. The summed E-state index contributed by atoms with van der Waals surface area (Å²) in [5, 5.41) is 23.3. The van der Waals surface area contributed by atoms with Crippen LogP contribution in [0.15, 0.2) is 18.2 Å². The molecule has 6 nitrogen and oxygen atoms in total. The third kappa shape index (κ3) is 5.13. The summed E-state index contributed by atoms with van der Waals surface area (Å²) in [6.07, 6.45) is 0.987. The van der Waals surface area contributed by atoms with Gasteiger partial charge in [0.25, 0.3) is 5.69 Å². The molecule has 1 aromatic carbocycles. The van der Waals surface area contributed by atoms with Crippen molar-refractivity contribution < 1.29 is 14.8 Å². The Morgan fingerprint density at radius 1 is 1.42 bits per heavy atom. The van der Waals surface area contributed by atoms with E-state index in [2.05, 4.69) is 5.32 Å². The van der Waals surface area contributed by atoms with Gasteiger partial charge in [-0.3, -0.25) is 10.1 Å². The fourth-order valence-corrected chi connectivity index (χ4v) is 1.47. The highest BCUT2D eigenvalue weighted by molar-refractivity contribution is 5.56. The van der Waals surface area contributed by atoms with Crippen molar-refractivity contribution in [1.82, 2.24) is 0 Å². The molecule has 0 saturated heterocycles. The summed E-state index contributed by atoms with van der Waals surface area (Å²) >= 11 is 0. The van der Waals surface area contributed by atoms with Gasteiger partial charge in [0, 0.05) is 24.4 Å². The summed E-state index contributed by atoms with van der Waals surface area (Å²) in [4.78, 5) is 10.4. The number of non-ortho nitro benzene ring substituents is 1. The van der Waals surface area contributed by atoms with Crippen LogP contribution in [-0.4, -0.2) is 29.3 Å². The number of ether oxygens (including phenoxy) is 1. The van der Waals surface area contributed by atoms with E-state index in [0.717, 1.165) is 6.42 Å². The van der Waals surface area contributed by atoms with E-state index in [0.29, 0.717) is 31.0 Å². The molecule has 0 spiro atoms. The van der Waals surface area contributed by atoms with Crippen LogP contribution in [0.5, 0.6) is 5.75 Å². The Kier molecular flexibility index (Phi) is 6.08. The first kappa shape index (κ1) is 15.2. The van der Waals surface area contributed by atoms with Gasteiger partial charge in [0.05, 0.1) is 23.7 Å². The van der Waals surface area contributed by atoms with Crippen LogP contribution in [-0.2, 0) is 0 Å². The van der Waals surface area contributed by atoms with Gasteiger partial charge in [-0.2, -0.15) is 0 Å². The normalized spacial score (nSPS) is 11.9. The van der Waals surface area contributed by atoms with Crippen LogP contribution in [0.1, 0.15) is 26.7 Å². The van der Waals surface area contributed by atoms with Gasteiger partial charge in [0.2, 0.25) is 0 Å². The number of rotatable bonds is 8. The largest absolute Gasteiger partial charge is 0.493 e. The molecule has 0 saturated carbocycles. The van der Waals surface area contributed by atoms with Crippen molar-refractivity contribution >= 4 is 11.4 Å². The molecule has 1 aromatic rings. The molecule has 1 atom stereocenters. The Morgan fingerprint density at radius 3 is 2.74 bits per heavy atom. The second kappa shape index (κ2) is 7.58. The van der Waals surface area contributed by atoms with E-state index >= 15 is 0 Å². The third-order valence-corrected chi connectivity index (χ3v) is 2.59. The standard InChI is InChI=1S/C13H20N2O4/c1-3-5-19-13-7-10(14-9-12(16)4-2)6-11(8-13)15(17)18/h6-8,12,14,16H,3-5,9H2,1-2H3. The molecule has 1 rings (SSSR count). The van der Waals surface area contributed by atoms with E-state index in [1.165, 1.54) is 12.1 Å². The van der Waals surface area contributed by atoms with E-state index < -0.39 is 11.0 Å². The number of nitrogens with one attached hydrogen (secondary N) is 1. The number of nitrogens with zero attached hydrogens (tertiary/aromatic N) is 1. The van der Waals surface area contributed by atoms with Crippen LogP contribution >= 0.6 is 0 Å². The zero-order valence-electron chi connectivity index (χ0n) is 11.3. The van der Waals surface area contributed by atoms with Gasteiger partial charge < -0.3 is 15.2 Å². The predicted octanol–water partition coefficient (Wildman–Crippen LogP) is 2.57. The molecule has 19 heavy (non-hydrogen) atoms. The van der Waals surface area contributed by atoms with E-state index in [1.54, 1.807) is 6.07 Å². The Labute approximate surface area is 112 Å². The SMILES string of the molecule is CCCOc1cc(NCC(O)CC)cc([N+](=O)[O-])c1. The lowest BCUT2D eigenvalue weighted by Gasteiger charge is -2.12. The molecule has 0 radical (unpaired) electrons. The van der Waals surface area contributed by atoms with E-state index in [-0.39, 0.29) is 5.69 Å². The second-order valence-corrected chi connectivity index (χ2v) is 4.26. The molecular weight excluding hydrogens is 248 g/mol. The van der Waals surface area contributed by atoms with Crippen molar-refractivity contribution in [3.63, 3.8) is 0 Å². The monoisotopic (exact) mass is 268 g/mol. The van der Waals surface area contributed by atoms with Gasteiger partial charge in [-0.15, -0.1) is 0 Å². The van der Waals surface area contributed by atoms with Crippen molar-refractivity contribution in [2.75, 3.05) is 18.5 Å². The summed E-state index contributed by atoms with van der Waals surface area (Å²) in [5.74, 6) is 0.463. The molecule has 0 fully saturated rings. The quantitative estimate of drug-likeness (QED) is 0.559. The molecule has 2 N–H and O–H groups in total. The Morgan fingerprint density at radius 2 is 2.16 bits per heavy atom. The Balaban J connectivity index is 2.83. The smallest absolute Gasteiger partial charge is 0.275 e. The highest BCUT2D eigenvalue weighted by Gasteiger charge is 2.11. The first-order valence-corrected chi connectivity index (χ1v) is 6.41. The average molecular weight is 268 g/mol. The zero-order chi connectivity index (χ0) is 14.3. The topological polar surface area (TPSA) is 84.6 Å². The number of benzene rings is 1. The molecular formula is C13H20N2O4. The van der Waals surface area contributed by atoms with Gasteiger partial charge in [0.15, 0.2) is 0 Å². The third-order valence-electron chi connectivity index (χ3n) is 2.59. The fraction of sp³-hybridized carbons (Fsp3) is 0.538. The molecule has 0 aliphatic rings. The number of aliphatic hydroxyl groups is 1. The van der Waals surface area contributed by atoms with Crippen LogP contribution in [0, 0.1) is 10.1 Å². The van der Waals surface area contributed by atoms with Crippen molar-refractivity contribution in [3.8, 4) is 5.75 Å². The molecule has 0 aliphatic carbocycles. The summed E-state index contributed by atoms with van der Waals surface area (Å²) in [6, 6.07) is 4.53. The number of nitro groups is 1. The highest BCUT2D eigenvalue weighted by atomic mass is 16.6. The molecule has 0 aromatic heterocycles. The average Bonchev–Trinajstić information content (AvgIpc) is 2.42. The lowest BCUT2D eigenvalue weighted by atomic mass is 10.2. The van der Waals surface area contributed by atoms with Gasteiger partial charge in [0.1, 0.15) is 5.75 Å². The molecule has 0 amide bonds. The van der Waals surface area contributed by atoms with Gasteiger partial charge in [-0.05, 0) is 12.8 Å². The lowest BCUT2D eigenvalue weighted by Crippen LogP contribution is -2.18. The van der Waals surface area contributed by atoms with Crippen molar-refractivity contribution in [2.45, 2.75) is 32.8 Å². The summed E-state index contributed by atoms with van der Waals surface area (Å²) in [5.41, 5.74) is 0.551. The van der Waals surface area contributed by atoms with Gasteiger partial charge in [-0.25, -0.2) is 0 Å². The van der Waals surface area contributed by atoms with E-state index in [9.17, 15) is 15.2 Å². The lowest BCUT2D eigenvalue weighted by molar-refractivity contribution is -0.384. The molecule has 1 unspecified atom stereocenters. The number of hydrogen-bond donors (Lipinski definition) is 2. The maximum absolute atomic E-state index is 10.8. The predicted molar refractivity (Wildman–Crippen MR) is 73.7 cm³/mol. The van der Waals surface area contributed by atoms with Crippen molar-refractivity contribution in [1.29, 1.82) is 0 Å². The van der Waals surface area contributed by atoms with Crippen LogP contribution in [0.2, 0.25) is 0 Å². The number of nitro benzene ring substituents is 1. The molecule has 0 bridgehead atoms. The van der Waals surface area contributed by atoms with Crippen LogP contribution < -0.4 is 10.1 Å². The summed E-state index contributed by atoms with van der Waals surface area (Å²) < 4.78 is 5.41. The first-order valence-electron chi connectivity index (χ1n) is 6.41. The number of hydrogen-bond acceptors (Lipinski definition) is 5. The second-order valence-electron chi connectivity index (χ2n) is 4.26. The Bertz CT molecular complexity index is 423. The van der Waals surface area contributed by atoms with Crippen LogP contribution in [0.3, 0.4) is 0 Å². The Hall–Kier alpha value is -1.82. The number of aliphatic hydroxyl groups excluding tert-OH is 1. The van der Waals surface area contributed by atoms with E-state index in [4.69, 9.17) is 4.74 Å². The van der Waals surface area contributed by atoms with Crippen molar-refractivity contribution in [3.05, 3.63) is 28.3 Å². The molecule has 0 aliphatic heterocycles. The van der Waals surface area contributed by atoms with Gasteiger partial charge >= 0.3 is 0 Å². The molecule has 106 valence electrons. The zero-order valence-corrected chi connectivity index (χ0v) is 11.3. The highest BCUT2D eigenvalue weighted by Crippen LogP contribution is 2.26. The van der Waals surface area contributed by atoms with Crippen LogP contribution in [0.4, 0.5) is 11.4 Å². The summed E-state index contributed by atoms with van der Waals surface area (Å²) in [7, 11) is 0. The fourth-order valence-electron chi connectivity index (χ4n) is 1.47. The van der Waals surface area contributed by atoms with Crippen molar-refractivity contribution in [2.24, 2.45) is 0 Å². The minimum absolute atomic E-state index is 0.0258. The van der Waals surface area contributed by atoms with Crippen LogP contribution in [0.25, 0.3) is 0 Å². The number of anilines is 1. The first-order chi connectivity index (χ1) is 9.06. The maximum Gasteiger partial charge on any atom is 0.275 e. The van der Waals surface area contributed by atoms with Gasteiger partial charge in [-0.1, -0.05) is 13.8 Å². The van der Waals surface area contributed by atoms with E-state index in [1.807, 2.05) is 13.8 Å².